The summed E-state index contributed by atoms with van der Waals surface area (Å²) in [5.41, 5.74) is 3.67. The normalized spacial score (nSPS) is 15.1. The van der Waals surface area contributed by atoms with Gasteiger partial charge in [-0.2, -0.15) is 0 Å². The number of piperazine rings is 1. The Kier molecular flexibility index (Phi) is 5.10. The lowest BCUT2D eigenvalue weighted by atomic mass is 10.1. The van der Waals surface area contributed by atoms with Crippen molar-refractivity contribution in [2.24, 2.45) is 0 Å². The number of para-hydroxylation sites is 1. The van der Waals surface area contributed by atoms with Crippen molar-refractivity contribution >= 4 is 26.9 Å². The number of nitro groups is 1. The molecule has 0 amide bonds. The van der Waals surface area contributed by atoms with Crippen LogP contribution in [0.5, 0.6) is 0 Å². The number of hydrogen-bond acceptors (Lipinski definition) is 6. The van der Waals surface area contributed by atoms with Gasteiger partial charge in [0.2, 0.25) is 0 Å². The van der Waals surface area contributed by atoms with E-state index >= 15 is 0 Å². The van der Waals surface area contributed by atoms with Crippen LogP contribution < -0.4 is 9.80 Å². The van der Waals surface area contributed by atoms with Gasteiger partial charge in [-0.1, -0.05) is 18.2 Å². The van der Waals surface area contributed by atoms with Gasteiger partial charge in [0.15, 0.2) is 9.84 Å². The summed E-state index contributed by atoms with van der Waals surface area (Å²) in [7, 11) is -3.68. The van der Waals surface area contributed by atoms with Gasteiger partial charge in [0.25, 0.3) is 0 Å². The number of hydrogen-bond donors (Lipinski definition) is 0. The van der Waals surface area contributed by atoms with Crippen molar-refractivity contribution in [3.8, 4) is 0 Å². The molecule has 0 spiro atoms. The predicted octanol–water partition coefficient (Wildman–Crippen LogP) is 2.94. The highest BCUT2D eigenvalue weighted by Crippen LogP contribution is 2.35. The molecule has 2 aromatic rings. The van der Waals surface area contributed by atoms with E-state index in [-0.39, 0.29) is 10.6 Å². The summed E-state index contributed by atoms with van der Waals surface area (Å²) < 4.78 is 23.9. The van der Waals surface area contributed by atoms with Crippen molar-refractivity contribution in [3.63, 3.8) is 0 Å². The van der Waals surface area contributed by atoms with Crippen LogP contribution in [0.2, 0.25) is 0 Å². The topological polar surface area (TPSA) is 83.8 Å². The standard InChI is InChI=1S/C19H23N3O4S/c1-14-6-4-7-16(15(14)2)20-10-12-21(13-11-20)17-8-5-9-18(27(3,25)26)19(17)22(23)24/h4-9H,10-13H2,1-3H3. The first-order valence-corrected chi connectivity index (χ1v) is 10.6. The summed E-state index contributed by atoms with van der Waals surface area (Å²) >= 11 is 0. The molecule has 0 atom stereocenters. The van der Waals surface area contributed by atoms with E-state index in [1.54, 1.807) is 12.1 Å². The lowest BCUT2D eigenvalue weighted by Gasteiger charge is -2.38. The zero-order chi connectivity index (χ0) is 19.8. The third-order valence-electron chi connectivity index (χ3n) is 5.10. The molecular weight excluding hydrogens is 366 g/mol. The number of benzene rings is 2. The predicted molar refractivity (Wildman–Crippen MR) is 107 cm³/mol. The first-order valence-electron chi connectivity index (χ1n) is 8.73. The maximum absolute atomic E-state index is 12.0. The van der Waals surface area contributed by atoms with Crippen LogP contribution in [0.4, 0.5) is 17.1 Å². The van der Waals surface area contributed by atoms with Crippen molar-refractivity contribution in [1.82, 2.24) is 0 Å². The van der Waals surface area contributed by atoms with Gasteiger partial charge in [-0.15, -0.1) is 0 Å². The molecule has 0 radical (unpaired) electrons. The number of sulfone groups is 1. The molecular formula is C19H23N3O4S. The molecule has 1 saturated heterocycles. The molecule has 0 saturated carbocycles. The largest absolute Gasteiger partial charge is 0.368 e. The van der Waals surface area contributed by atoms with Gasteiger partial charge in [0.1, 0.15) is 10.6 Å². The Hall–Kier alpha value is -2.61. The molecule has 0 N–H and O–H groups in total. The van der Waals surface area contributed by atoms with E-state index < -0.39 is 14.8 Å². The highest BCUT2D eigenvalue weighted by atomic mass is 32.2. The first-order chi connectivity index (χ1) is 12.7. The first kappa shape index (κ1) is 19.2. The molecule has 1 fully saturated rings. The molecule has 27 heavy (non-hydrogen) atoms. The maximum atomic E-state index is 12.0. The zero-order valence-corrected chi connectivity index (χ0v) is 16.5. The zero-order valence-electron chi connectivity index (χ0n) is 15.7. The molecule has 2 aromatic carbocycles. The van der Waals surface area contributed by atoms with Gasteiger partial charge in [-0.05, 0) is 43.2 Å². The molecule has 0 bridgehead atoms. The number of nitro benzene ring substituents is 1. The van der Waals surface area contributed by atoms with Crippen LogP contribution in [0, 0.1) is 24.0 Å². The minimum Gasteiger partial charge on any atom is -0.368 e. The van der Waals surface area contributed by atoms with Crippen LogP contribution in [0.3, 0.4) is 0 Å². The molecule has 8 heteroatoms. The van der Waals surface area contributed by atoms with Crippen LogP contribution in [0.1, 0.15) is 11.1 Å². The van der Waals surface area contributed by atoms with Crippen molar-refractivity contribution < 1.29 is 13.3 Å². The average molecular weight is 389 g/mol. The third kappa shape index (κ3) is 3.75. The smallest absolute Gasteiger partial charge is 0.311 e. The lowest BCUT2D eigenvalue weighted by Crippen LogP contribution is -2.47. The molecule has 1 heterocycles. The van der Waals surface area contributed by atoms with E-state index in [0.29, 0.717) is 31.9 Å². The highest BCUT2D eigenvalue weighted by Gasteiger charge is 2.30. The van der Waals surface area contributed by atoms with Gasteiger partial charge in [-0.25, -0.2) is 8.42 Å². The Labute approximate surface area is 159 Å². The van der Waals surface area contributed by atoms with Crippen LogP contribution in [-0.2, 0) is 9.84 Å². The Morgan fingerprint density at radius 2 is 1.44 bits per heavy atom. The third-order valence-corrected chi connectivity index (χ3v) is 6.23. The van der Waals surface area contributed by atoms with Gasteiger partial charge in [-0.3, -0.25) is 10.1 Å². The lowest BCUT2D eigenvalue weighted by molar-refractivity contribution is -0.387. The summed E-state index contributed by atoms with van der Waals surface area (Å²) in [5, 5.41) is 11.6. The quantitative estimate of drug-likeness (QED) is 0.590. The fraction of sp³-hybridized carbons (Fsp3) is 0.368. The minimum atomic E-state index is -3.68. The number of nitrogens with zero attached hydrogens (tertiary/aromatic N) is 3. The van der Waals surface area contributed by atoms with Crippen molar-refractivity contribution in [2.45, 2.75) is 18.7 Å². The molecule has 1 aliphatic heterocycles. The molecule has 144 valence electrons. The van der Waals surface area contributed by atoms with Gasteiger partial charge >= 0.3 is 5.69 Å². The second-order valence-corrected chi connectivity index (χ2v) is 8.83. The van der Waals surface area contributed by atoms with E-state index in [0.717, 1.165) is 6.26 Å². The molecule has 3 rings (SSSR count). The summed E-state index contributed by atoms with van der Waals surface area (Å²) in [5.74, 6) is 0. The van der Waals surface area contributed by atoms with E-state index in [1.807, 2.05) is 11.0 Å². The van der Waals surface area contributed by atoms with Gasteiger partial charge in [0, 0.05) is 38.1 Å². The Morgan fingerprint density at radius 1 is 0.926 bits per heavy atom. The molecule has 7 nitrogen and oxygen atoms in total. The van der Waals surface area contributed by atoms with Crippen LogP contribution in [0.15, 0.2) is 41.3 Å². The minimum absolute atomic E-state index is 0.234. The average Bonchev–Trinajstić information content (AvgIpc) is 2.63. The SMILES string of the molecule is Cc1cccc(N2CCN(c3cccc(S(C)(=O)=O)c3[N+](=O)[O-])CC2)c1C. The summed E-state index contributed by atoms with van der Waals surface area (Å²) in [6, 6.07) is 10.7. The van der Waals surface area contributed by atoms with E-state index in [4.69, 9.17) is 0 Å². The van der Waals surface area contributed by atoms with E-state index in [1.165, 1.54) is 22.9 Å². The summed E-state index contributed by atoms with van der Waals surface area (Å²) in [6.07, 6.45) is 0.998. The van der Waals surface area contributed by atoms with Crippen molar-refractivity contribution in [1.29, 1.82) is 0 Å². The summed E-state index contributed by atoms with van der Waals surface area (Å²) in [4.78, 5) is 14.9. The van der Waals surface area contributed by atoms with Crippen molar-refractivity contribution in [2.75, 3.05) is 42.2 Å². The van der Waals surface area contributed by atoms with Crippen molar-refractivity contribution in [3.05, 3.63) is 57.6 Å². The molecule has 1 aliphatic rings. The number of rotatable bonds is 4. The highest BCUT2D eigenvalue weighted by molar-refractivity contribution is 7.90. The van der Waals surface area contributed by atoms with Gasteiger partial charge < -0.3 is 9.80 Å². The van der Waals surface area contributed by atoms with Crippen LogP contribution in [0.25, 0.3) is 0 Å². The molecule has 0 aromatic heterocycles. The number of aryl methyl sites for hydroxylation is 1. The Morgan fingerprint density at radius 3 is 2.00 bits per heavy atom. The Bertz CT molecular complexity index is 980. The molecule has 0 aliphatic carbocycles. The second-order valence-electron chi connectivity index (χ2n) is 6.85. The van der Waals surface area contributed by atoms with E-state index in [9.17, 15) is 18.5 Å². The Balaban J connectivity index is 1.89. The monoisotopic (exact) mass is 389 g/mol. The van der Waals surface area contributed by atoms with Crippen LogP contribution >= 0.6 is 0 Å². The fourth-order valence-electron chi connectivity index (χ4n) is 3.52. The van der Waals surface area contributed by atoms with Gasteiger partial charge in [0.05, 0.1) is 4.92 Å². The van der Waals surface area contributed by atoms with E-state index in [2.05, 4.69) is 30.9 Å². The second kappa shape index (κ2) is 7.19. The van der Waals surface area contributed by atoms with Crippen LogP contribution in [-0.4, -0.2) is 45.8 Å². The maximum Gasteiger partial charge on any atom is 0.311 e. The summed E-state index contributed by atoms with van der Waals surface area (Å²) in [6.45, 7) is 6.77. The molecule has 0 unspecified atom stereocenters. The number of anilines is 2. The fourth-order valence-corrected chi connectivity index (χ4v) is 4.37.